The number of carbonyl (C=O) groups excluding carboxylic acids is 1. The molecule has 0 saturated carbocycles. The van der Waals surface area contributed by atoms with E-state index in [9.17, 15) is 9.18 Å². The lowest BCUT2D eigenvalue weighted by molar-refractivity contribution is 0.0991. The molecule has 1 heterocycles. The number of hydrogen-bond acceptors (Lipinski definition) is 3. The maximum atomic E-state index is 13.1. The summed E-state index contributed by atoms with van der Waals surface area (Å²) in [5, 5.41) is 0. The number of Topliss-reactive ketones (excluding diaryl/α,β-unsaturated/α-hetero) is 1. The first-order chi connectivity index (χ1) is 10.1. The van der Waals surface area contributed by atoms with Gasteiger partial charge in [-0.2, -0.15) is 0 Å². The Balaban J connectivity index is 1.82. The molecule has 0 fully saturated rings. The minimum absolute atomic E-state index is 0.0262. The highest BCUT2D eigenvalue weighted by Gasteiger charge is 2.15. The van der Waals surface area contributed by atoms with Gasteiger partial charge in [0.25, 0.3) is 0 Å². The molecule has 0 aliphatic carbocycles. The molecule has 1 aliphatic rings. The Kier molecular flexibility index (Phi) is 3.60. The minimum atomic E-state index is -0.289. The number of rotatable bonds is 3. The SMILES string of the molecule is Cc1cc(F)ccc1CC(=O)c1ccc2c(c1)OCCO2. The molecular weight excluding hydrogens is 271 g/mol. The van der Waals surface area contributed by atoms with Crippen molar-refractivity contribution in [2.75, 3.05) is 13.2 Å². The Bertz CT molecular complexity index is 694. The zero-order chi connectivity index (χ0) is 14.8. The molecule has 1 aliphatic heterocycles. The fourth-order valence-electron chi connectivity index (χ4n) is 2.35. The van der Waals surface area contributed by atoms with Crippen LogP contribution in [0.4, 0.5) is 4.39 Å². The smallest absolute Gasteiger partial charge is 0.167 e. The Hall–Kier alpha value is -2.36. The fraction of sp³-hybridized carbons (Fsp3) is 0.235. The molecule has 0 bridgehead atoms. The molecule has 0 atom stereocenters. The Morgan fingerprint density at radius 2 is 1.86 bits per heavy atom. The molecule has 0 unspecified atom stereocenters. The molecule has 0 N–H and O–H groups in total. The monoisotopic (exact) mass is 286 g/mol. The molecule has 3 rings (SSSR count). The molecule has 0 spiro atoms. The molecule has 108 valence electrons. The van der Waals surface area contributed by atoms with Crippen LogP contribution >= 0.6 is 0 Å². The molecule has 0 radical (unpaired) electrons. The quantitative estimate of drug-likeness (QED) is 0.812. The second-order valence-electron chi connectivity index (χ2n) is 5.03. The van der Waals surface area contributed by atoms with Gasteiger partial charge < -0.3 is 9.47 Å². The maximum Gasteiger partial charge on any atom is 0.167 e. The summed E-state index contributed by atoms with van der Waals surface area (Å²) >= 11 is 0. The Labute approximate surface area is 122 Å². The van der Waals surface area contributed by atoms with Crippen LogP contribution in [0.1, 0.15) is 21.5 Å². The number of aryl methyl sites for hydroxylation is 1. The van der Waals surface area contributed by atoms with E-state index < -0.39 is 0 Å². The van der Waals surface area contributed by atoms with Gasteiger partial charge in [0.2, 0.25) is 0 Å². The minimum Gasteiger partial charge on any atom is -0.486 e. The summed E-state index contributed by atoms with van der Waals surface area (Å²) in [7, 11) is 0. The van der Waals surface area contributed by atoms with Crippen LogP contribution < -0.4 is 9.47 Å². The second-order valence-corrected chi connectivity index (χ2v) is 5.03. The van der Waals surface area contributed by atoms with E-state index in [-0.39, 0.29) is 18.0 Å². The number of benzene rings is 2. The molecule has 21 heavy (non-hydrogen) atoms. The van der Waals surface area contributed by atoms with Gasteiger partial charge in [0.15, 0.2) is 17.3 Å². The van der Waals surface area contributed by atoms with Crippen LogP contribution in [0.15, 0.2) is 36.4 Å². The van der Waals surface area contributed by atoms with Crippen molar-refractivity contribution in [3.8, 4) is 11.5 Å². The summed E-state index contributed by atoms with van der Waals surface area (Å²) in [5.41, 5.74) is 2.18. The number of hydrogen-bond donors (Lipinski definition) is 0. The predicted molar refractivity (Wildman–Crippen MR) is 76.6 cm³/mol. The maximum absolute atomic E-state index is 13.1. The number of ether oxygens (including phenoxy) is 2. The van der Waals surface area contributed by atoms with Crippen molar-refractivity contribution in [3.63, 3.8) is 0 Å². The Morgan fingerprint density at radius 3 is 2.62 bits per heavy atom. The van der Waals surface area contributed by atoms with Gasteiger partial charge in [-0.25, -0.2) is 4.39 Å². The summed E-state index contributed by atoms with van der Waals surface area (Å²) in [4.78, 5) is 12.3. The van der Waals surface area contributed by atoms with Crippen molar-refractivity contribution in [1.29, 1.82) is 0 Å². The van der Waals surface area contributed by atoms with E-state index >= 15 is 0 Å². The van der Waals surface area contributed by atoms with Gasteiger partial charge in [0.1, 0.15) is 19.0 Å². The molecule has 2 aromatic carbocycles. The Morgan fingerprint density at radius 1 is 1.10 bits per heavy atom. The van der Waals surface area contributed by atoms with E-state index in [1.807, 2.05) is 0 Å². The summed E-state index contributed by atoms with van der Waals surface area (Å²) in [6.07, 6.45) is 0.242. The summed E-state index contributed by atoms with van der Waals surface area (Å²) in [6.45, 7) is 2.81. The number of carbonyl (C=O) groups is 1. The standard InChI is InChI=1S/C17H15FO3/c1-11-8-14(18)4-2-12(11)9-15(19)13-3-5-16-17(10-13)21-7-6-20-16/h2-5,8,10H,6-7,9H2,1H3. The molecule has 0 aromatic heterocycles. The lowest BCUT2D eigenvalue weighted by atomic mass is 9.99. The van der Waals surface area contributed by atoms with Crippen LogP contribution in [-0.2, 0) is 6.42 Å². The van der Waals surface area contributed by atoms with Crippen molar-refractivity contribution in [2.24, 2.45) is 0 Å². The van der Waals surface area contributed by atoms with Gasteiger partial charge in [-0.15, -0.1) is 0 Å². The number of ketones is 1. The highest BCUT2D eigenvalue weighted by Crippen LogP contribution is 2.31. The van der Waals surface area contributed by atoms with Crippen molar-refractivity contribution in [2.45, 2.75) is 13.3 Å². The van der Waals surface area contributed by atoms with E-state index in [4.69, 9.17) is 9.47 Å². The van der Waals surface area contributed by atoms with Crippen molar-refractivity contribution in [1.82, 2.24) is 0 Å². The second kappa shape index (κ2) is 5.56. The zero-order valence-electron chi connectivity index (χ0n) is 11.7. The lowest BCUT2D eigenvalue weighted by Gasteiger charge is -2.18. The summed E-state index contributed by atoms with van der Waals surface area (Å²) in [5.74, 6) is 0.948. The van der Waals surface area contributed by atoms with Crippen LogP contribution in [-0.4, -0.2) is 19.0 Å². The average molecular weight is 286 g/mol. The van der Waals surface area contributed by atoms with Gasteiger partial charge in [0, 0.05) is 12.0 Å². The van der Waals surface area contributed by atoms with Crippen LogP contribution in [0.5, 0.6) is 11.5 Å². The topological polar surface area (TPSA) is 35.5 Å². The summed E-state index contributed by atoms with van der Waals surface area (Å²) in [6, 6.07) is 9.65. The first-order valence-corrected chi connectivity index (χ1v) is 6.81. The molecule has 0 saturated heterocycles. The van der Waals surface area contributed by atoms with Crippen LogP contribution in [0.2, 0.25) is 0 Å². The third-order valence-electron chi connectivity index (χ3n) is 3.52. The van der Waals surface area contributed by atoms with E-state index in [0.29, 0.717) is 30.3 Å². The molecule has 0 amide bonds. The first-order valence-electron chi connectivity index (χ1n) is 6.81. The van der Waals surface area contributed by atoms with Gasteiger partial charge >= 0.3 is 0 Å². The number of fused-ring (bicyclic) bond motifs is 1. The molecule has 2 aromatic rings. The van der Waals surface area contributed by atoms with Crippen molar-refractivity contribution < 1.29 is 18.7 Å². The van der Waals surface area contributed by atoms with E-state index in [2.05, 4.69) is 0 Å². The van der Waals surface area contributed by atoms with Gasteiger partial charge in [-0.3, -0.25) is 4.79 Å². The summed E-state index contributed by atoms with van der Waals surface area (Å²) < 4.78 is 24.0. The van der Waals surface area contributed by atoms with Gasteiger partial charge in [0.05, 0.1) is 0 Å². The van der Waals surface area contributed by atoms with Crippen molar-refractivity contribution >= 4 is 5.78 Å². The van der Waals surface area contributed by atoms with E-state index in [1.54, 1.807) is 31.2 Å². The van der Waals surface area contributed by atoms with Crippen LogP contribution in [0, 0.1) is 12.7 Å². The molecule has 3 nitrogen and oxygen atoms in total. The van der Waals surface area contributed by atoms with Crippen LogP contribution in [0.3, 0.4) is 0 Å². The highest BCUT2D eigenvalue weighted by molar-refractivity contribution is 5.98. The molecule has 4 heteroatoms. The molecular formula is C17H15FO3. The zero-order valence-corrected chi connectivity index (χ0v) is 11.7. The largest absolute Gasteiger partial charge is 0.486 e. The fourth-order valence-corrected chi connectivity index (χ4v) is 2.35. The van der Waals surface area contributed by atoms with Gasteiger partial charge in [-0.05, 0) is 48.4 Å². The normalized spacial score (nSPS) is 13.0. The predicted octanol–water partition coefficient (Wildman–Crippen LogP) is 3.33. The van der Waals surface area contributed by atoms with Crippen molar-refractivity contribution in [3.05, 3.63) is 58.9 Å². The highest BCUT2D eigenvalue weighted by atomic mass is 19.1. The average Bonchev–Trinajstić information content (AvgIpc) is 2.49. The van der Waals surface area contributed by atoms with E-state index in [1.165, 1.54) is 12.1 Å². The van der Waals surface area contributed by atoms with Crippen LogP contribution in [0.25, 0.3) is 0 Å². The lowest BCUT2D eigenvalue weighted by Crippen LogP contribution is -2.16. The van der Waals surface area contributed by atoms with Gasteiger partial charge in [-0.1, -0.05) is 6.07 Å². The van der Waals surface area contributed by atoms with E-state index in [0.717, 1.165) is 11.1 Å². The number of halogens is 1. The first kappa shape index (κ1) is 13.6. The third kappa shape index (κ3) is 2.89. The third-order valence-corrected chi connectivity index (χ3v) is 3.52.